The lowest BCUT2D eigenvalue weighted by Gasteiger charge is -2.20. The second-order valence-electron chi connectivity index (χ2n) is 5.92. The van der Waals surface area contributed by atoms with Gasteiger partial charge in [0.1, 0.15) is 18.0 Å². The Morgan fingerprint density at radius 3 is 2.41 bits per heavy atom. The number of halogens is 1. The molecule has 0 bridgehead atoms. The molecule has 22 heavy (non-hydrogen) atoms. The summed E-state index contributed by atoms with van der Waals surface area (Å²) in [6, 6.07) is 15.4. The molecule has 3 nitrogen and oxygen atoms in total. The van der Waals surface area contributed by atoms with Gasteiger partial charge in [-0.15, -0.1) is 0 Å². The summed E-state index contributed by atoms with van der Waals surface area (Å²) in [5, 5.41) is 0. The third-order valence-electron chi connectivity index (χ3n) is 2.80. The van der Waals surface area contributed by atoms with E-state index in [0.29, 0.717) is 17.9 Å². The highest BCUT2D eigenvalue weighted by molar-refractivity contribution is 14.1. The predicted molar refractivity (Wildman–Crippen MR) is 95.1 cm³/mol. The van der Waals surface area contributed by atoms with Crippen LogP contribution in [0.1, 0.15) is 36.7 Å². The van der Waals surface area contributed by atoms with Crippen molar-refractivity contribution in [1.82, 2.24) is 0 Å². The van der Waals surface area contributed by atoms with Crippen molar-refractivity contribution in [2.24, 2.45) is 0 Å². The average Bonchev–Trinajstić information content (AvgIpc) is 2.45. The first-order valence-corrected chi connectivity index (χ1v) is 8.13. The highest BCUT2D eigenvalue weighted by Gasteiger charge is 2.20. The number of carbonyl (C=O) groups is 1. The molecule has 2 rings (SSSR count). The van der Waals surface area contributed by atoms with Crippen LogP contribution in [-0.4, -0.2) is 11.6 Å². The molecule has 0 heterocycles. The molecule has 0 atom stereocenters. The lowest BCUT2D eigenvalue weighted by atomic mass is 10.1. The molecular weight excluding hydrogens is 391 g/mol. The minimum atomic E-state index is -0.513. The van der Waals surface area contributed by atoms with E-state index in [1.165, 1.54) is 0 Å². The molecule has 0 saturated carbocycles. The Kier molecular flexibility index (Phi) is 5.45. The van der Waals surface area contributed by atoms with Gasteiger partial charge in [-0.3, -0.25) is 0 Å². The molecule has 0 aromatic heterocycles. The molecule has 0 aliphatic heterocycles. The van der Waals surface area contributed by atoms with Crippen LogP contribution in [0.3, 0.4) is 0 Å². The van der Waals surface area contributed by atoms with Gasteiger partial charge in [0.05, 0.1) is 5.56 Å². The van der Waals surface area contributed by atoms with E-state index in [2.05, 4.69) is 22.6 Å². The second kappa shape index (κ2) is 7.13. The van der Waals surface area contributed by atoms with E-state index in [9.17, 15) is 4.79 Å². The zero-order valence-corrected chi connectivity index (χ0v) is 15.1. The zero-order chi connectivity index (χ0) is 16.2. The molecular formula is C18H19IO3. The van der Waals surface area contributed by atoms with Crippen molar-refractivity contribution in [3.8, 4) is 5.75 Å². The van der Waals surface area contributed by atoms with E-state index in [4.69, 9.17) is 9.47 Å². The van der Waals surface area contributed by atoms with Crippen LogP contribution in [0.4, 0.5) is 0 Å². The topological polar surface area (TPSA) is 35.5 Å². The van der Waals surface area contributed by atoms with Crippen molar-refractivity contribution < 1.29 is 14.3 Å². The summed E-state index contributed by atoms with van der Waals surface area (Å²) in [6.45, 7) is 6.03. The Hall–Kier alpha value is -1.56. The highest BCUT2D eigenvalue weighted by Crippen LogP contribution is 2.23. The Balaban J connectivity index is 2.11. The van der Waals surface area contributed by atoms with Crippen LogP contribution in [-0.2, 0) is 11.3 Å². The summed E-state index contributed by atoms with van der Waals surface area (Å²) in [5.74, 6) is 0.326. The van der Waals surface area contributed by atoms with Crippen LogP contribution in [0.2, 0.25) is 0 Å². The van der Waals surface area contributed by atoms with Crippen LogP contribution in [0.25, 0.3) is 0 Å². The molecule has 0 saturated heterocycles. The number of rotatable bonds is 4. The first-order valence-electron chi connectivity index (χ1n) is 7.05. The molecule has 0 N–H and O–H groups in total. The quantitative estimate of drug-likeness (QED) is 0.535. The first kappa shape index (κ1) is 16.8. The Morgan fingerprint density at radius 2 is 1.77 bits per heavy atom. The molecule has 0 unspecified atom stereocenters. The van der Waals surface area contributed by atoms with Gasteiger partial charge in [-0.25, -0.2) is 4.79 Å². The van der Waals surface area contributed by atoms with Crippen LogP contribution in [0, 0.1) is 3.57 Å². The van der Waals surface area contributed by atoms with Gasteiger partial charge in [0.25, 0.3) is 0 Å². The number of hydrogen-bond donors (Lipinski definition) is 0. The van der Waals surface area contributed by atoms with E-state index in [1.807, 2.05) is 63.2 Å². The first-order chi connectivity index (χ1) is 10.3. The molecule has 0 fully saturated rings. The summed E-state index contributed by atoms with van der Waals surface area (Å²) in [4.78, 5) is 12.2. The van der Waals surface area contributed by atoms with Gasteiger partial charge in [-0.2, -0.15) is 0 Å². The normalized spacial score (nSPS) is 11.1. The van der Waals surface area contributed by atoms with E-state index in [1.54, 1.807) is 6.07 Å². The molecule has 2 aromatic rings. The fraction of sp³-hybridized carbons (Fsp3) is 0.278. The van der Waals surface area contributed by atoms with Crippen molar-refractivity contribution in [2.75, 3.05) is 0 Å². The standard InChI is InChI=1S/C18H19IO3/c1-18(2,3)22-17(20)15-11-14(9-10-16(15)19)21-12-13-7-5-4-6-8-13/h4-11H,12H2,1-3H3. The van der Waals surface area contributed by atoms with Gasteiger partial charge in [0.2, 0.25) is 0 Å². The van der Waals surface area contributed by atoms with Gasteiger partial charge in [0.15, 0.2) is 0 Å². The van der Waals surface area contributed by atoms with Crippen LogP contribution >= 0.6 is 22.6 Å². The number of benzene rings is 2. The van der Waals surface area contributed by atoms with E-state index in [0.717, 1.165) is 9.13 Å². The molecule has 116 valence electrons. The molecule has 0 amide bonds. The summed E-state index contributed by atoms with van der Waals surface area (Å²) in [5.41, 5.74) is 1.10. The predicted octanol–water partition coefficient (Wildman–Crippen LogP) is 4.83. The van der Waals surface area contributed by atoms with Gasteiger partial charge >= 0.3 is 5.97 Å². The molecule has 2 aromatic carbocycles. The molecule has 0 aliphatic rings. The fourth-order valence-corrected chi connectivity index (χ4v) is 2.38. The van der Waals surface area contributed by atoms with E-state index >= 15 is 0 Å². The van der Waals surface area contributed by atoms with Crippen molar-refractivity contribution in [3.05, 3.63) is 63.2 Å². The fourth-order valence-electron chi connectivity index (χ4n) is 1.82. The minimum Gasteiger partial charge on any atom is -0.489 e. The molecule has 4 heteroatoms. The van der Waals surface area contributed by atoms with Crippen LogP contribution in [0.15, 0.2) is 48.5 Å². The smallest absolute Gasteiger partial charge is 0.339 e. The molecule has 0 radical (unpaired) electrons. The third-order valence-corrected chi connectivity index (χ3v) is 3.75. The zero-order valence-electron chi connectivity index (χ0n) is 12.9. The van der Waals surface area contributed by atoms with Crippen molar-refractivity contribution >= 4 is 28.6 Å². The average molecular weight is 410 g/mol. The number of ether oxygens (including phenoxy) is 2. The SMILES string of the molecule is CC(C)(C)OC(=O)c1cc(OCc2ccccc2)ccc1I. The highest BCUT2D eigenvalue weighted by atomic mass is 127. The van der Waals surface area contributed by atoms with Gasteiger partial charge in [0, 0.05) is 3.57 Å². The molecule has 0 spiro atoms. The lowest BCUT2D eigenvalue weighted by molar-refractivity contribution is 0.00678. The second-order valence-corrected chi connectivity index (χ2v) is 7.08. The third kappa shape index (κ3) is 5.02. The molecule has 0 aliphatic carbocycles. The maximum Gasteiger partial charge on any atom is 0.339 e. The maximum absolute atomic E-state index is 12.2. The van der Waals surface area contributed by atoms with Crippen molar-refractivity contribution in [3.63, 3.8) is 0 Å². The van der Waals surface area contributed by atoms with E-state index in [-0.39, 0.29) is 5.97 Å². The van der Waals surface area contributed by atoms with Crippen LogP contribution in [0.5, 0.6) is 5.75 Å². The summed E-state index contributed by atoms with van der Waals surface area (Å²) in [6.07, 6.45) is 0. The van der Waals surface area contributed by atoms with Gasteiger partial charge < -0.3 is 9.47 Å². The van der Waals surface area contributed by atoms with Crippen molar-refractivity contribution in [1.29, 1.82) is 0 Å². The Labute approximate surface area is 144 Å². The summed E-state index contributed by atoms with van der Waals surface area (Å²) >= 11 is 2.13. The van der Waals surface area contributed by atoms with Gasteiger partial charge in [-0.05, 0) is 67.1 Å². The summed E-state index contributed by atoms with van der Waals surface area (Å²) in [7, 11) is 0. The Bertz CT molecular complexity index is 645. The van der Waals surface area contributed by atoms with Gasteiger partial charge in [-0.1, -0.05) is 30.3 Å². The largest absolute Gasteiger partial charge is 0.489 e. The minimum absolute atomic E-state index is 0.331. The number of hydrogen-bond acceptors (Lipinski definition) is 3. The number of esters is 1. The van der Waals surface area contributed by atoms with Crippen molar-refractivity contribution in [2.45, 2.75) is 33.0 Å². The summed E-state index contributed by atoms with van der Waals surface area (Å²) < 4.78 is 12.0. The Morgan fingerprint density at radius 1 is 1.09 bits per heavy atom. The maximum atomic E-state index is 12.2. The lowest BCUT2D eigenvalue weighted by Crippen LogP contribution is -2.24. The monoisotopic (exact) mass is 410 g/mol. The van der Waals surface area contributed by atoms with E-state index < -0.39 is 5.60 Å². The van der Waals surface area contributed by atoms with Crippen LogP contribution < -0.4 is 4.74 Å². The number of carbonyl (C=O) groups excluding carboxylic acids is 1.